The fourth-order valence-corrected chi connectivity index (χ4v) is 2.97. The van der Waals surface area contributed by atoms with Crippen molar-refractivity contribution in [2.75, 3.05) is 18.0 Å². The van der Waals surface area contributed by atoms with Crippen LogP contribution in [0.1, 0.15) is 29.8 Å². The number of nitrogens with zero attached hydrogens (tertiary/aromatic N) is 5. The summed E-state index contributed by atoms with van der Waals surface area (Å²) in [7, 11) is 0. The highest BCUT2D eigenvalue weighted by atomic mass is 19.4. The number of carbonyl (C=O) groups is 1. The average molecular weight is 342 g/mol. The lowest BCUT2D eigenvalue weighted by molar-refractivity contribution is -0.146. The van der Waals surface area contributed by atoms with Crippen molar-refractivity contribution in [3.05, 3.63) is 17.0 Å². The van der Waals surface area contributed by atoms with E-state index < -0.39 is 12.0 Å². The van der Waals surface area contributed by atoms with Crippen molar-refractivity contribution in [3.63, 3.8) is 0 Å². The molecule has 24 heavy (non-hydrogen) atoms. The van der Waals surface area contributed by atoms with Crippen LogP contribution in [-0.4, -0.2) is 38.8 Å². The number of amides is 1. The number of rotatable bonds is 2. The zero-order valence-electron chi connectivity index (χ0n) is 13.3. The number of primary amides is 1. The molecule has 2 aromatic rings. The lowest BCUT2D eigenvalue weighted by Gasteiger charge is -2.32. The Kier molecular flexibility index (Phi) is 3.84. The molecule has 0 radical (unpaired) electrons. The fraction of sp³-hybridized carbons (Fsp3) is 0.571. The second kappa shape index (κ2) is 5.60. The van der Waals surface area contributed by atoms with E-state index in [9.17, 15) is 18.0 Å². The van der Waals surface area contributed by atoms with Crippen molar-refractivity contribution in [1.82, 2.24) is 19.8 Å². The molecule has 1 saturated heterocycles. The highest BCUT2D eigenvalue weighted by Crippen LogP contribution is 2.31. The van der Waals surface area contributed by atoms with Crippen molar-refractivity contribution >= 4 is 17.4 Å². The first-order chi connectivity index (χ1) is 11.2. The minimum atomic E-state index is -4.63. The van der Waals surface area contributed by atoms with Gasteiger partial charge in [-0.05, 0) is 26.7 Å². The van der Waals surface area contributed by atoms with E-state index >= 15 is 0 Å². The van der Waals surface area contributed by atoms with Crippen molar-refractivity contribution in [1.29, 1.82) is 0 Å². The summed E-state index contributed by atoms with van der Waals surface area (Å²) in [5, 5.41) is 11.0. The number of fused-ring (bicyclic) bond motifs is 1. The van der Waals surface area contributed by atoms with Crippen LogP contribution in [0.15, 0.2) is 0 Å². The largest absolute Gasteiger partial charge is 0.453 e. The van der Waals surface area contributed by atoms with E-state index in [1.807, 2.05) is 4.90 Å². The number of anilines is 1. The molecule has 130 valence electrons. The van der Waals surface area contributed by atoms with Gasteiger partial charge in [0, 0.05) is 30.1 Å². The van der Waals surface area contributed by atoms with Crippen molar-refractivity contribution < 1.29 is 18.0 Å². The standard InChI is InChI=1S/C14H17F3N6O/c1-7-8(2)12(22-5-3-9(4-6-22)10(18)24)21-23-11(7)19-20-13(23)14(15,16)17/h9H,3-6H2,1-2H3,(H2,18,24). The lowest BCUT2D eigenvalue weighted by Crippen LogP contribution is -2.39. The van der Waals surface area contributed by atoms with Gasteiger partial charge in [0.25, 0.3) is 5.82 Å². The second-order valence-corrected chi connectivity index (χ2v) is 5.99. The molecule has 0 unspecified atom stereocenters. The summed E-state index contributed by atoms with van der Waals surface area (Å²) in [6, 6.07) is 0. The molecule has 0 atom stereocenters. The van der Waals surface area contributed by atoms with Crippen molar-refractivity contribution in [3.8, 4) is 0 Å². The molecule has 0 saturated carbocycles. The maximum absolute atomic E-state index is 13.1. The number of nitrogens with two attached hydrogens (primary N) is 1. The number of aromatic nitrogens is 4. The van der Waals surface area contributed by atoms with Gasteiger partial charge in [-0.25, -0.2) is 0 Å². The zero-order valence-corrected chi connectivity index (χ0v) is 13.3. The van der Waals surface area contributed by atoms with Crippen LogP contribution in [0.3, 0.4) is 0 Å². The third-order valence-electron chi connectivity index (χ3n) is 4.52. The molecule has 0 bridgehead atoms. The molecule has 1 fully saturated rings. The lowest BCUT2D eigenvalue weighted by atomic mass is 9.96. The van der Waals surface area contributed by atoms with Gasteiger partial charge >= 0.3 is 6.18 Å². The monoisotopic (exact) mass is 342 g/mol. The molecule has 10 heteroatoms. The van der Waals surface area contributed by atoms with Crippen LogP contribution in [-0.2, 0) is 11.0 Å². The molecule has 3 rings (SSSR count). The first kappa shape index (κ1) is 16.5. The number of hydrogen-bond acceptors (Lipinski definition) is 5. The Morgan fingerprint density at radius 1 is 1.17 bits per heavy atom. The zero-order chi connectivity index (χ0) is 17.6. The number of aryl methyl sites for hydroxylation is 1. The number of halogens is 3. The molecule has 7 nitrogen and oxygen atoms in total. The topological polar surface area (TPSA) is 89.4 Å². The molecule has 1 amide bonds. The number of hydrogen-bond donors (Lipinski definition) is 1. The van der Waals surface area contributed by atoms with Gasteiger partial charge in [-0.15, -0.1) is 15.3 Å². The fourth-order valence-electron chi connectivity index (χ4n) is 2.97. The third-order valence-corrected chi connectivity index (χ3v) is 4.52. The second-order valence-electron chi connectivity index (χ2n) is 5.99. The average Bonchev–Trinajstić information content (AvgIpc) is 2.95. The van der Waals surface area contributed by atoms with Gasteiger partial charge in [-0.3, -0.25) is 4.79 Å². The third kappa shape index (κ3) is 2.65. The maximum Gasteiger partial charge on any atom is 0.453 e. The minimum absolute atomic E-state index is 0.0931. The Morgan fingerprint density at radius 3 is 2.33 bits per heavy atom. The van der Waals surface area contributed by atoms with Gasteiger partial charge in [0.15, 0.2) is 11.5 Å². The summed E-state index contributed by atoms with van der Waals surface area (Å²) in [6.45, 7) is 4.51. The summed E-state index contributed by atoms with van der Waals surface area (Å²) in [4.78, 5) is 13.1. The van der Waals surface area contributed by atoms with Crippen LogP contribution in [0.25, 0.3) is 5.65 Å². The van der Waals surface area contributed by atoms with Gasteiger partial charge in [0.1, 0.15) is 0 Å². The molecule has 0 aliphatic carbocycles. The molecule has 0 aromatic carbocycles. The Labute approximate surface area is 135 Å². The van der Waals surface area contributed by atoms with E-state index in [4.69, 9.17) is 5.73 Å². The SMILES string of the molecule is Cc1c(N2CCC(C(N)=O)CC2)nn2c(C(F)(F)F)nnc2c1C. The van der Waals surface area contributed by atoms with Gasteiger partial charge in [0.05, 0.1) is 0 Å². The summed E-state index contributed by atoms with van der Waals surface area (Å²) in [5.74, 6) is -1.24. The smallest absolute Gasteiger partial charge is 0.369 e. The van der Waals surface area contributed by atoms with E-state index in [1.54, 1.807) is 13.8 Å². The van der Waals surface area contributed by atoms with Gasteiger partial charge in [-0.2, -0.15) is 17.7 Å². The Hall–Kier alpha value is -2.39. The predicted octanol–water partition coefficient (Wildman–Crippen LogP) is 1.46. The highest BCUT2D eigenvalue weighted by molar-refractivity contribution is 5.77. The molecule has 1 aliphatic rings. The predicted molar refractivity (Wildman–Crippen MR) is 79.4 cm³/mol. The summed E-state index contributed by atoms with van der Waals surface area (Å²) < 4.78 is 40.0. The molecule has 0 spiro atoms. The van der Waals surface area contributed by atoms with Crippen molar-refractivity contribution in [2.45, 2.75) is 32.9 Å². The number of piperidine rings is 1. The van der Waals surface area contributed by atoms with Crippen LogP contribution in [0.4, 0.5) is 19.0 Å². The first-order valence-electron chi connectivity index (χ1n) is 7.54. The number of alkyl halides is 3. The van der Waals surface area contributed by atoms with Crippen molar-refractivity contribution in [2.24, 2.45) is 11.7 Å². The minimum Gasteiger partial charge on any atom is -0.369 e. The first-order valence-corrected chi connectivity index (χ1v) is 7.54. The normalized spacial score (nSPS) is 16.8. The van der Waals surface area contributed by atoms with Gasteiger partial charge in [-0.1, -0.05) is 0 Å². The number of carbonyl (C=O) groups excluding carboxylic acids is 1. The summed E-state index contributed by atoms with van der Waals surface area (Å²) >= 11 is 0. The molecular formula is C14H17F3N6O. The molecule has 2 N–H and O–H groups in total. The molecule has 2 aromatic heterocycles. The van der Waals surface area contributed by atoms with Gasteiger partial charge < -0.3 is 10.6 Å². The van der Waals surface area contributed by atoms with Crippen LogP contribution in [0, 0.1) is 19.8 Å². The van der Waals surface area contributed by atoms with E-state index in [0.717, 1.165) is 10.1 Å². The molecular weight excluding hydrogens is 325 g/mol. The quantitative estimate of drug-likeness (QED) is 0.892. The van der Waals surface area contributed by atoms with Gasteiger partial charge in [0.2, 0.25) is 5.91 Å². The Balaban J connectivity index is 2.02. The van der Waals surface area contributed by atoms with E-state index in [2.05, 4.69) is 15.3 Å². The maximum atomic E-state index is 13.1. The van der Waals surface area contributed by atoms with Crippen LogP contribution >= 0.6 is 0 Å². The van der Waals surface area contributed by atoms with E-state index in [1.165, 1.54) is 0 Å². The molecule has 3 heterocycles. The molecule has 1 aliphatic heterocycles. The van der Waals surface area contributed by atoms with Crippen LogP contribution in [0.5, 0.6) is 0 Å². The van der Waals surface area contributed by atoms with E-state index in [-0.39, 0.29) is 17.5 Å². The summed E-state index contributed by atoms with van der Waals surface area (Å²) in [5.41, 5.74) is 6.76. The summed E-state index contributed by atoms with van der Waals surface area (Å²) in [6.07, 6.45) is -3.52. The Morgan fingerprint density at radius 2 is 1.79 bits per heavy atom. The van der Waals surface area contributed by atoms with Crippen LogP contribution < -0.4 is 10.6 Å². The highest BCUT2D eigenvalue weighted by Gasteiger charge is 2.38. The Bertz CT molecular complexity index is 792. The van der Waals surface area contributed by atoms with E-state index in [0.29, 0.717) is 37.3 Å². The van der Waals surface area contributed by atoms with Crippen LogP contribution in [0.2, 0.25) is 0 Å².